The van der Waals surface area contributed by atoms with Gasteiger partial charge >= 0.3 is 12.5 Å². The highest BCUT2D eigenvalue weighted by atomic mass is 35.5. The minimum Gasteiger partial charge on any atom is -0.406 e. The van der Waals surface area contributed by atoms with Crippen LogP contribution >= 0.6 is 11.6 Å². The second kappa shape index (κ2) is 10.2. The largest absolute Gasteiger partial charge is 0.573 e. The quantitative estimate of drug-likeness (QED) is 0.367. The van der Waals surface area contributed by atoms with E-state index in [1.54, 1.807) is 0 Å². The van der Waals surface area contributed by atoms with Crippen molar-refractivity contribution in [2.75, 3.05) is 17.2 Å². The molecule has 1 aromatic carbocycles. The van der Waals surface area contributed by atoms with E-state index in [4.69, 9.17) is 16.4 Å². The Morgan fingerprint density at radius 2 is 1.91 bits per heavy atom. The van der Waals surface area contributed by atoms with E-state index in [-0.39, 0.29) is 35.3 Å². The molecule has 1 aliphatic rings. The second-order valence-electron chi connectivity index (χ2n) is 6.82. The van der Waals surface area contributed by atoms with E-state index in [2.05, 4.69) is 25.5 Å². The number of hydrogen-bond acceptors (Lipinski definition) is 7. The van der Waals surface area contributed by atoms with Crippen LogP contribution in [0.3, 0.4) is 0 Å². The Hall–Kier alpha value is -3.48. The number of aromatic nitrogens is 1. The Labute approximate surface area is 193 Å². The van der Waals surface area contributed by atoms with Crippen molar-refractivity contribution in [2.24, 2.45) is 5.16 Å². The Morgan fingerprint density at radius 3 is 2.53 bits per heavy atom. The van der Waals surface area contributed by atoms with Crippen LogP contribution in [-0.4, -0.2) is 35.5 Å². The fourth-order valence-electron chi connectivity index (χ4n) is 2.68. The van der Waals surface area contributed by atoms with Crippen LogP contribution in [0.25, 0.3) is 0 Å². The molecule has 1 aliphatic heterocycles. The molecule has 0 saturated heterocycles. The van der Waals surface area contributed by atoms with Gasteiger partial charge in [0.15, 0.2) is 6.10 Å². The van der Waals surface area contributed by atoms with Crippen LogP contribution in [0.5, 0.6) is 5.75 Å². The third-order valence-corrected chi connectivity index (χ3v) is 4.54. The van der Waals surface area contributed by atoms with E-state index in [1.807, 2.05) is 0 Å². The van der Waals surface area contributed by atoms with Crippen molar-refractivity contribution in [3.05, 3.63) is 59.4 Å². The van der Waals surface area contributed by atoms with E-state index in [0.29, 0.717) is 11.9 Å². The van der Waals surface area contributed by atoms with Crippen LogP contribution in [-0.2, 0) is 15.8 Å². The van der Waals surface area contributed by atoms with Gasteiger partial charge in [-0.15, -0.1) is 13.2 Å². The number of pyridine rings is 1. The molecule has 2 N–H and O–H groups in total. The minimum atomic E-state index is -4.79. The normalized spacial score (nSPS) is 16.2. The molecule has 14 heteroatoms. The van der Waals surface area contributed by atoms with Gasteiger partial charge in [0, 0.05) is 30.6 Å². The maximum atomic E-state index is 12.7. The number of ketones is 1. The lowest BCUT2D eigenvalue weighted by Crippen LogP contribution is -2.22. The van der Waals surface area contributed by atoms with E-state index in [0.717, 1.165) is 24.3 Å². The maximum absolute atomic E-state index is 12.7. The molecule has 0 radical (unpaired) electrons. The topological polar surface area (TPSA) is 84.8 Å². The summed E-state index contributed by atoms with van der Waals surface area (Å²) in [6.07, 6.45) is -6.74. The first-order valence-corrected chi connectivity index (χ1v) is 9.81. The van der Waals surface area contributed by atoms with E-state index in [9.17, 15) is 31.1 Å². The summed E-state index contributed by atoms with van der Waals surface area (Å²) in [6, 6.07) is 5.61. The molecule has 0 saturated carbocycles. The molecule has 2 heterocycles. The molecule has 0 aliphatic carbocycles. The Morgan fingerprint density at radius 1 is 1.21 bits per heavy atom. The number of alkyl halides is 6. The number of nitrogens with one attached hydrogen (secondary N) is 2. The Bertz CT molecular complexity index is 1090. The van der Waals surface area contributed by atoms with E-state index >= 15 is 0 Å². The molecule has 182 valence electrons. The van der Waals surface area contributed by atoms with Crippen LogP contribution in [0.15, 0.2) is 54.0 Å². The number of rotatable bonds is 8. The molecule has 3 rings (SSSR count). The molecule has 0 fully saturated rings. The predicted molar refractivity (Wildman–Crippen MR) is 111 cm³/mol. The highest BCUT2D eigenvalue weighted by molar-refractivity contribution is 6.44. The Balaban J connectivity index is 1.45. The number of carbonyl (C=O) groups excluding carboxylic acids is 1. The van der Waals surface area contributed by atoms with Gasteiger partial charge in [-0.05, 0) is 30.3 Å². The summed E-state index contributed by atoms with van der Waals surface area (Å²) >= 11 is 5.82. The van der Waals surface area contributed by atoms with Gasteiger partial charge in [0.1, 0.15) is 17.3 Å². The van der Waals surface area contributed by atoms with Crippen LogP contribution in [0.4, 0.5) is 37.8 Å². The van der Waals surface area contributed by atoms with Crippen LogP contribution in [0.1, 0.15) is 12.0 Å². The van der Waals surface area contributed by atoms with Crippen molar-refractivity contribution < 1.29 is 40.7 Å². The molecular formula is C20H15ClF6N4O3. The molecule has 0 bridgehead atoms. The summed E-state index contributed by atoms with van der Waals surface area (Å²) in [7, 11) is 0. The molecule has 1 aromatic heterocycles. The zero-order valence-electron chi connectivity index (χ0n) is 16.9. The first-order chi connectivity index (χ1) is 15.9. The highest BCUT2D eigenvalue weighted by Crippen LogP contribution is 2.32. The zero-order valence-corrected chi connectivity index (χ0v) is 17.6. The van der Waals surface area contributed by atoms with Gasteiger partial charge in [-0.2, -0.15) is 13.2 Å². The number of benzene rings is 1. The molecule has 0 amide bonds. The summed E-state index contributed by atoms with van der Waals surface area (Å²) in [6.45, 7) is 0.0761. The minimum absolute atomic E-state index is 0.0220. The SMILES string of the molecule is O=C(/C=C/Nc1ccc(OC(F)(F)F)cc1)C1=NO[C@H](CNc2ncc(C(F)(F)F)cc2Cl)C1. The van der Waals surface area contributed by atoms with Crippen molar-refractivity contribution in [2.45, 2.75) is 25.1 Å². The molecule has 2 aromatic rings. The van der Waals surface area contributed by atoms with Crippen molar-refractivity contribution in [1.82, 2.24) is 4.98 Å². The van der Waals surface area contributed by atoms with E-state index in [1.165, 1.54) is 18.3 Å². The number of halogens is 7. The third-order valence-electron chi connectivity index (χ3n) is 4.26. The summed E-state index contributed by atoms with van der Waals surface area (Å²) in [4.78, 5) is 21.0. The van der Waals surface area contributed by atoms with Crippen molar-refractivity contribution in [1.29, 1.82) is 0 Å². The maximum Gasteiger partial charge on any atom is 0.573 e. The summed E-state index contributed by atoms with van der Waals surface area (Å²) < 4.78 is 78.2. The van der Waals surface area contributed by atoms with Gasteiger partial charge in [-0.25, -0.2) is 4.98 Å². The van der Waals surface area contributed by atoms with Gasteiger partial charge in [0.05, 0.1) is 17.1 Å². The van der Waals surface area contributed by atoms with Gasteiger partial charge in [0.25, 0.3) is 0 Å². The fourth-order valence-corrected chi connectivity index (χ4v) is 2.91. The van der Waals surface area contributed by atoms with Crippen molar-refractivity contribution >= 4 is 34.6 Å². The number of carbonyl (C=O) groups is 1. The van der Waals surface area contributed by atoms with Gasteiger partial charge in [0.2, 0.25) is 5.78 Å². The number of nitrogens with zero attached hydrogens (tertiary/aromatic N) is 2. The predicted octanol–water partition coefficient (Wildman–Crippen LogP) is 5.40. The second-order valence-corrected chi connectivity index (χ2v) is 7.22. The summed E-state index contributed by atoms with van der Waals surface area (Å²) in [5.41, 5.74) is -0.473. The fraction of sp³-hybridized carbons (Fsp3) is 0.250. The van der Waals surface area contributed by atoms with E-state index < -0.39 is 30.0 Å². The monoisotopic (exact) mass is 508 g/mol. The average molecular weight is 509 g/mol. The lowest BCUT2D eigenvalue weighted by Gasteiger charge is -2.13. The average Bonchev–Trinajstić information content (AvgIpc) is 3.21. The van der Waals surface area contributed by atoms with Crippen molar-refractivity contribution in [3.8, 4) is 5.75 Å². The standard InChI is InChI=1S/C20H15ClF6N4O3/c21-15-7-11(19(22,23)24)9-29-18(15)30-10-14-8-16(31-34-14)17(32)5-6-28-12-1-3-13(4-2-12)33-20(25,26)27/h1-7,9,14,28H,8,10H2,(H,29,30)/b6-5+/t14-/m0/s1. The molecule has 34 heavy (non-hydrogen) atoms. The lowest BCUT2D eigenvalue weighted by atomic mass is 10.1. The lowest BCUT2D eigenvalue weighted by molar-refractivity contribution is -0.274. The molecule has 1 atom stereocenters. The number of ether oxygens (including phenoxy) is 1. The number of allylic oxidation sites excluding steroid dienone is 1. The summed E-state index contributed by atoms with van der Waals surface area (Å²) in [5, 5.41) is 8.93. The summed E-state index contributed by atoms with van der Waals surface area (Å²) in [5.74, 6) is -0.838. The number of anilines is 2. The Kier molecular flexibility index (Phi) is 7.54. The van der Waals surface area contributed by atoms with Crippen LogP contribution in [0, 0.1) is 0 Å². The number of oxime groups is 1. The zero-order chi connectivity index (χ0) is 24.9. The van der Waals surface area contributed by atoms with Gasteiger partial charge in [-0.3, -0.25) is 4.79 Å². The third kappa shape index (κ3) is 7.27. The van der Waals surface area contributed by atoms with Gasteiger partial charge < -0.3 is 20.2 Å². The molecule has 0 unspecified atom stereocenters. The first-order valence-electron chi connectivity index (χ1n) is 9.43. The smallest absolute Gasteiger partial charge is 0.406 e. The van der Waals surface area contributed by atoms with Gasteiger partial charge in [-0.1, -0.05) is 16.8 Å². The number of hydrogen-bond donors (Lipinski definition) is 2. The first kappa shape index (κ1) is 25.1. The van der Waals surface area contributed by atoms with Crippen LogP contribution in [0.2, 0.25) is 5.02 Å². The van der Waals surface area contributed by atoms with Crippen molar-refractivity contribution in [3.63, 3.8) is 0 Å². The van der Waals surface area contributed by atoms with Crippen LogP contribution < -0.4 is 15.4 Å². The highest BCUT2D eigenvalue weighted by Gasteiger charge is 2.32. The molecular weight excluding hydrogens is 494 g/mol. The molecule has 0 spiro atoms. The molecule has 7 nitrogen and oxygen atoms in total.